The molecule has 0 fully saturated rings. The summed E-state index contributed by atoms with van der Waals surface area (Å²) in [6.45, 7) is 4.31. The molecule has 5 heteroatoms. The molecule has 104 valence electrons. The van der Waals surface area contributed by atoms with Gasteiger partial charge < -0.3 is 15.4 Å². The molecule has 1 atom stereocenters. The van der Waals surface area contributed by atoms with Gasteiger partial charge in [0.25, 0.3) is 0 Å². The second kappa shape index (κ2) is 6.89. The minimum atomic E-state index is -0.418. The van der Waals surface area contributed by atoms with Gasteiger partial charge in [-0.3, -0.25) is 4.79 Å². The van der Waals surface area contributed by atoms with E-state index < -0.39 is 5.97 Å². The third-order valence-electron chi connectivity index (χ3n) is 2.87. The Labute approximate surface area is 113 Å². The Kier molecular flexibility index (Phi) is 5.51. The second-order valence-corrected chi connectivity index (χ2v) is 4.47. The molecular formula is C14H20N2O3. The highest BCUT2D eigenvalue weighted by molar-refractivity contribution is 5.96. The van der Waals surface area contributed by atoms with Crippen molar-refractivity contribution in [2.24, 2.45) is 5.92 Å². The summed E-state index contributed by atoms with van der Waals surface area (Å²) in [7, 11) is 3.13. The fourth-order valence-corrected chi connectivity index (χ4v) is 1.66. The van der Waals surface area contributed by atoms with Crippen molar-refractivity contribution in [3.05, 3.63) is 29.3 Å². The van der Waals surface area contributed by atoms with Crippen molar-refractivity contribution < 1.29 is 14.3 Å². The number of amides is 1. The lowest BCUT2D eigenvalue weighted by Crippen LogP contribution is -2.28. The first-order valence-electron chi connectivity index (χ1n) is 6.14. The number of rotatable bonds is 5. The Balaban J connectivity index is 2.88. The average Bonchev–Trinajstić information content (AvgIpc) is 2.40. The number of nitrogens with one attached hydrogen (secondary N) is 2. The van der Waals surface area contributed by atoms with Crippen LogP contribution in [0.2, 0.25) is 0 Å². The van der Waals surface area contributed by atoms with Crippen LogP contribution >= 0.6 is 0 Å². The van der Waals surface area contributed by atoms with Gasteiger partial charge in [-0.25, -0.2) is 4.79 Å². The Hall–Kier alpha value is -1.88. The Morgan fingerprint density at radius 3 is 2.63 bits per heavy atom. The summed E-state index contributed by atoms with van der Waals surface area (Å²) in [6.07, 6.45) is 0. The van der Waals surface area contributed by atoms with Gasteiger partial charge >= 0.3 is 5.97 Å². The molecule has 0 saturated carbocycles. The van der Waals surface area contributed by atoms with E-state index in [0.717, 1.165) is 5.56 Å². The third-order valence-corrected chi connectivity index (χ3v) is 2.87. The number of ether oxygens (including phenoxy) is 1. The van der Waals surface area contributed by atoms with E-state index in [2.05, 4.69) is 15.4 Å². The summed E-state index contributed by atoms with van der Waals surface area (Å²) in [5.41, 5.74) is 1.96. The fourth-order valence-electron chi connectivity index (χ4n) is 1.66. The molecule has 1 unspecified atom stereocenters. The second-order valence-electron chi connectivity index (χ2n) is 4.47. The monoisotopic (exact) mass is 264 g/mol. The molecular weight excluding hydrogens is 244 g/mol. The van der Waals surface area contributed by atoms with E-state index in [-0.39, 0.29) is 11.8 Å². The van der Waals surface area contributed by atoms with Crippen LogP contribution in [0.5, 0.6) is 0 Å². The zero-order chi connectivity index (χ0) is 14.4. The predicted molar refractivity (Wildman–Crippen MR) is 74.2 cm³/mol. The first kappa shape index (κ1) is 15.2. The molecule has 5 nitrogen and oxygen atoms in total. The number of hydrogen-bond acceptors (Lipinski definition) is 4. The van der Waals surface area contributed by atoms with E-state index in [1.54, 1.807) is 25.2 Å². The van der Waals surface area contributed by atoms with Crippen molar-refractivity contribution in [2.75, 3.05) is 26.0 Å². The summed E-state index contributed by atoms with van der Waals surface area (Å²) < 4.78 is 4.66. The molecule has 0 aliphatic carbocycles. The van der Waals surface area contributed by atoms with Gasteiger partial charge in [0.1, 0.15) is 0 Å². The molecule has 0 saturated heterocycles. The Bertz CT molecular complexity index is 472. The average molecular weight is 264 g/mol. The molecule has 0 radical (unpaired) electrons. The quantitative estimate of drug-likeness (QED) is 0.792. The maximum absolute atomic E-state index is 11.9. The summed E-state index contributed by atoms with van der Waals surface area (Å²) in [5, 5.41) is 5.78. The van der Waals surface area contributed by atoms with E-state index in [0.29, 0.717) is 17.8 Å². The predicted octanol–water partition coefficient (Wildman–Crippen LogP) is 1.58. The lowest BCUT2D eigenvalue weighted by atomic mass is 10.1. The van der Waals surface area contributed by atoms with Crippen LogP contribution in [0.1, 0.15) is 22.8 Å². The van der Waals surface area contributed by atoms with Gasteiger partial charge in [0.15, 0.2) is 0 Å². The smallest absolute Gasteiger partial charge is 0.337 e. The zero-order valence-corrected chi connectivity index (χ0v) is 11.7. The Morgan fingerprint density at radius 1 is 1.37 bits per heavy atom. The molecule has 1 aromatic carbocycles. The highest BCUT2D eigenvalue weighted by Crippen LogP contribution is 2.18. The molecule has 0 bridgehead atoms. The van der Waals surface area contributed by atoms with Crippen molar-refractivity contribution >= 4 is 17.6 Å². The van der Waals surface area contributed by atoms with Crippen molar-refractivity contribution in [3.8, 4) is 0 Å². The molecule has 1 rings (SSSR count). The van der Waals surface area contributed by atoms with Crippen molar-refractivity contribution in [3.63, 3.8) is 0 Å². The van der Waals surface area contributed by atoms with Gasteiger partial charge in [-0.2, -0.15) is 0 Å². The minimum absolute atomic E-state index is 0.0838. The Morgan fingerprint density at radius 2 is 2.05 bits per heavy atom. The van der Waals surface area contributed by atoms with Crippen molar-refractivity contribution in [1.82, 2.24) is 5.32 Å². The first-order valence-corrected chi connectivity index (χ1v) is 6.14. The van der Waals surface area contributed by atoms with Crippen molar-refractivity contribution in [1.29, 1.82) is 0 Å². The van der Waals surface area contributed by atoms with Gasteiger partial charge in [0.05, 0.1) is 12.7 Å². The third kappa shape index (κ3) is 4.06. The fraction of sp³-hybridized carbons (Fsp3) is 0.429. The number of carbonyl (C=O) groups excluding carboxylic acids is 2. The van der Waals surface area contributed by atoms with Crippen LogP contribution in [-0.2, 0) is 9.53 Å². The minimum Gasteiger partial charge on any atom is -0.465 e. The van der Waals surface area contributed by atoms with E-state index in [4.69, 9.17) is 0 Å². The SMILES string of the molecule is CNCC(C)C(=O)Nc1cc(C(=O)OC)ccc1C. The van der Waals surface area contributed by atoms with Crippen LogP contribution in [0.25, 0.3) is 0 Å². The molecule has 2 N–H and O–H groups in total. The van der Waals surface area contributed by atoms with Crippen LogP contribution in [0.4, 0.5) is 5.69 Å². The van der Waals surface area contributed by atoms with Gasteiger partial charge in [-0.1, -0.05) is 13.0 Å². The molecule has 1 aromatic rings. The standard InChI is InChI=1S/C14H20N2O3/c1-9-5-6-11(14(18)19-4)7-12(9)16-13(17)10(2)8-15-3/h5-7,10,15H,8H2,1-4H3,(H,16,17). The normalized spacial score (nSPS) is 11.8. The summed E-state index contributed by atoms with van der Waals surface area (Å²) >= 11 is 0. The first-order chi connectivity index (χ1) is 8.99. The molecule has 0 spiro atoms. The van der Waals surface area contributed by atoms with Gasteiger partial charge in [0.2, 0.25) is 5.91 Å². The lowest BCUT2D eigenvalue weighted by molar-refractivity contribution is -0.119. The van der Waals surface area contributed by atoms with E-state index >= 15 is 0 Å². The number of methoxy groups -OCH3 is 1. The molecule has 0 aliphatic heterocycles. The molecule has 0 heterocycles. The van der Waals surface area contributed by atoms with Crippen LogP contribution in [-0.4, -0.2) is 32.6 Å². The van der Waals surface area contributed by atoms with Crippen LogP contribution in [0, 0.1) is 12.8 Å². The number of anilines is 1. The molecule has 1 amide bonds. The maximum atomic E-state index is 11.9. The zero-order valence-electron chi connectivity index (χ0n) is 11.7. The van der Waals surface area contributed by atoms with Crippen LogP contribution in [0.15, 0.2) is 18.2 Å². The highest BCUT2D eigenvalue weighted by Gasteiger charge is 2.14. The number of aryl methyl sites for hydroxylation is 1. The van der Waals surface area contributed by atoms with Crippen molar-refractivity contribution in [2.45, 2.75) is 13.8 Å². The molecule has 0 aliphatic rings. The van der Waals surface area contributed by atoms with Gasteiger partial charge in [-0.05, 0) is 31.7 Å². The lowest BCUT2D eigenvalue weighted by Gasteiger charge is -2.14. The number of carbonyl (C=O) groups is 2. The van der Waals surface area contributed by atoms with E-state index in [9.17, 15) is 9.59 Å². The van der Waals surface area contributed by atoms with Gasteiger partial charge in [0, 0.05) is 18.2 Å². The largest absolute Gasteiger partial charge is 0.465 e. The summed E-state index contributed by atoms with van der Waals surface area (Å²) in [6, 6.07) is 5.09. The van der Waals surface area contributed by atoms with Gasteiger partial charge in [-0.15, -0.1) is 0 Å². The molecule has 0 aromatic heterocycles. The van der Waals surface area contributed by atoms with E-state index in [1.165, 1.54) is 7.11 Å². The highest BCUT2D eigenvalue weighted by atomic mass is 16.5. The number of hydrogen-bond donors (Lipinski definition) is 2. The molecule has 19 heavy (non-hydrogen) atoms. The number of esters is 1. The summed E-state index contributed by atoms with van der Waals surface area (Å²) in [5.74, 6) is -0.649. The topological polar surface area (TPSA) is 67.4 Å². The summed E-state index contributed by atoms with van der Waals surface area (Å²) in [4.78, 5) is 23.4. The number of benzene rings is 1. The van der Waals surface area contributed by atoms with Crippen LogP contribution in [0.3, 0.4) is 0 Å². The van der Waals surface area contributed by atoms with Crippen LogP contribution < -0.4 is 10.6 Å². The maximum Gasteiger partial charge on any atom is 0.337 e. The van der Waals surface area contributed by atoms with E-state index in [1.807, 2.05) is 13.8 Å².